The molecule has 0 saturated heterocycles. The van der Waals surface area contributed by atoms with E-state index in [-0.39, 0.29) is 10.2 Å². The first kappa shape index (κ1) is 12.3. The third-order valence-corrected chi connectivity index (χ3v) is 3.63. The lowest BCUT2D eigenvalue weighted by molar-refractivity contribution is -0.385. The van der Waals surface area contributed by atoms with Crippen molar-refractivity contribution in [3.63, 3.8) is 0 Å². The zero-order valence-corrected chi connectivity index (χ0v) is 11.3. The molecular weight excluding hydrogens is 332 g/mol. The van der Waals surface area contributed by atoms with Crippen LogP contribution in [0, 0.1) is 10.1 Å². The molecular formula is C9H4BrClN2O3S. The Hall–Kier alpha value is -1.18. The number of aromatic nitrogens is 1. The van der Waals surface area contributed by atoms with Crippen molar-refractivity contribution in [1.29, 1.82) is 0 Å². The van der Waals surface area contributed by atoms with Gasteiger partial charge in [-0.3, -0.25) is 10.1 Å². The monoisotopic (exact) mass is 334 g/mol. The van der Waals surface area contributed by atoms with Crippen LogP contribution in [0.25, 0.3) is 0 Å². The Kier molecular flexibility index (Phi) is 3.60. The van der Waals surface area contributed by atoms with Crippen molar-refractivity contribution in [2.75, 3.05) is 0 Å². The third kappa shape index (κ3) is 2.74. The molecule has 2 aromatic rings. The number of hydrogen-bond donors (Lipinski definition) is 0. The number of nitro benzene ring substituents is 1. The van der Waals surface area contributed by atoms with E-state index in [1.165, 1.54) is 23.5 Å². The molecule has 88 valence electrons. The van der Waals surface area contributed by atoms with Crippen LogP contribution in [0.2, 0.25) is 5.15 Å². The second-order valence-corrected chi connectivity index (χ2v) is 4.89. The Bertz CT molecular complexity index is 575. The summed E-state index contributed by atoms with van der Waals surface area (Å²) in [5.41, 5.74) is -0.0647. The fraction of sp³-hybridized carbons (Fsp3) is 0. The van der Waals surface area contributed by atoms with Gasteiger partial charge in [0.2, 0.25) is 0 Å². The average Bonchev–Trinajstić information content (AvgIpc) is 2.67. The molecule has 0 fully saturated rings. The fourth-order valence-electron chi connectivity index (χ4n) is 1.10. The van der Waals surface area contributed by atoms with E-state index in [1.54, 1.807) is 11.4 Å². The summed E-state index contributed by atoms with van der Waals surface area (Å²) < 4.78 is 5.67. The van der Waals surface area contributed by atoms with Crippen molar-refractivity contribution in [2.24, 2.45) is 0 Å². The smallest absolute Gasteiger partial charge is 0.287 e. The molecule has 0 radical (unpaired) electrons. The molecule has 0 amide bonds. The van der Waals surface area contributed by atoms with Crippen LogP contribution in [0.3, 0.4) is 0 Å². The van der Waals surface area contributed by atoms with Crippen LogP contribution in [0.1, 0.15) is 0 Å². The van der Waals surface area contributed by atoms with E-state index < -0.39 is 4.92 Å². The van der Waals surface area contributed by atoms with Gasteiger partial charge in [-0.15, -0.1) is 0 Å². The van der Waals surface area contributed by atoms with E-state index in [4.69, 9.17) is 16.3 Å². The van der Waals surface area contributed by atoms with Crippen molar-refractivity contribution in [3.8, 4) is 10.9 Å². The van der Waals surface area contributed by atoms with Crippen molar-refractivity contribution >= 4 is 44.6 Å². The van der Waals surface area contributed by atoms with Crippen molar-refractivity contribution < 1.29 is 9.66 Å². The van der Waals surface area contributed by atoms with Crippen LogP contribution >= 0.6 is 38.9 Å². The molecule has 8 heteroatoms. The molecule has 0 aliphatic carbocycles. The van der Waals surface area contributed by atoms with Crippen LogP contribution in [-0.2, 0) is 0 Å². The third-order valence-electron chi connectivity index (χ3n) is 1.79. The molecule has 0 spiro atoms. The quantitative estimate of drug-likeness (QED) is 0.621. The normalized spacial score (nSPS) is 10.2. The van der Waals surface area contributed by atoms with Crippen LogP contribution in [0.4, 0.5) is 5.69 Å². The molecule has 1 heterocycles. The van der Waals surface area contributed by atoms with E-state index in [0.717, 1.165) is 0 Å². The minimum absolute atomic E-state index is 0.0647. The Morgan fingerprint density at radius 3 is 2.88 bits per heavy atom. The lowest BCUT2D eigenvalue weighted by atomic mass is 10.3. The van der Waals surface area contributed by atoms with Crippen molar-refractivity contribution in [3.05, 3.63) is 43.3 Å². The predicted molar refractivity (Wildman–Crippen MR) is 68.0 cm³/mol. The van der Waals surface area contributed by atoms with E-state index in [9.17, 15) is 10.1 Å². The van der Waals surface area contributed by atoms with E-state index in [0.29, 0.717) is 16.1 Å². The highest BCUT2D eigenvalue weighted by molar-refractivity contribution is 9.10. The van der Waals surface area contributed by atoms with Gasteiger partial charge in [-0.25, -0.2) is 0 Å². The molecule has 0 bridgehead atoms. The highest BCUT2D eigenvalue weighted by atomic mass is 79.9. The van der Waals surface area contributed by atoms with Gasteiger partial charge in [0.15, 0.2) is 5.75 Å². The van der Waals surface area contributed by atoms with E-state index in [1.807, 2.05) is 0 Å². The summed E-state index contributed by atoms with van der Waals surface area (Å²) in [5, 5.41) is 13.0. The lowest BCUT2D eigenvalue weighted by Gasteiger charge is -2.04. The number of nitro groups is 1. The summed E-state index contributed by atoms with van der Waals surface area (Å²) in [7, 11) is 0. The second kappa shape index (κ2) is 4.99. The Labute approximate surface area is 113 Å². The lowest BCUT2D eigenvalue weighted by Crippen LogP contribution is -1.91. The van der Waals surface area contributed by atoms with Gasteiger partial charge in [0.05, 0.1) is 4.92 Å². The highest BCUT2D eigenvalue weighted by Gasteiger charge is 2.17. The number of thiazole rings is 1. The van der Waals surface area contributed by atoms with Gasteiger partial charge in [-0.2, -0.15) is 4.98 Å². The topological polar surface area (TPSA) is 65.3 Å². The van der Waals surface area contributed by atoms with Gasteiger partial charge in [-0.05, 0) is 22.0 Å². The summed E-state index contributed by atoms with van der Waals surface area (Å²) in [4.78, 5) is 14.1. The fourth-order valence-corrected chi connectivity index (χ4v) is 2.39. The average molecular weight is 336 g/mol. The first-order valence-electron chi connectivity index (χ1n) is 4.29. The van der Waals surface area contributed by atoms with Crippen molar-refractivity contribution in [1.82, 2.24) is 4.98 Å². The highest BCUT2D eigenvalue weighted by Crippen LogP contribution is 2.37. The molecule has 17 heavy (non-hydrogen) atoms. The zero-order chi connectivity index (χ0) is 12.4. The molecule has 1 aromatic carbocycles. The Morgan fingerprint density at radius 1 is 1.53 bits per heavy atom. The molecule has 2 rings (SSSR count). The van der Waals surface area contributed by atoms with Crippen LogP contribution < -0.4 is 4.74 Å². The van der Waals surface area contributed by atoms with Gasteiger partial charge in [0, 0.05) is 11.4 Å². The van der Waals surface area contributed by atoms with Crippen molar-refractivity contribution in [2.45, 2.75) is 0 Å². The molecule has 0 aliphatic rings. The van der Waals surface area contributed by atoms with Gasteiger partial charge in [0.25, 0.3) is 10.9 Å². The summed E-state index contributed by atoms with van der Waals surface area (Å²) in [6, 6.07) is 4.52. The zero-order valence-electron chi connectivity index (χ0n) is 8.09. The van der Waals surface area contributed by atoms with Gasteiger partial charge in [-0.1, -0.05) is 29.0 Å². The first-order chi connectivity index (χ1) is 8.08. The summed E-state index contributed by atoms with van der Waals surface area (Å²) in [6.07, 6.45) is 0. The number of hydrogen-bond acceptors (Lipinski definition) is 5. The molecule has 0 saturated carbocycles. The van der Waals surface area contributed by atoms with E-state index in [2.05, 4.69) is 20.9 Å². The van der Waals surface area contributed by atoms with Crippen LogP contribution in [0.15, 0.2) is 28.1 Å². The number of nitrogens with zero attached hydrogens (tertiary/aromatic N) is 2. The second-order valence-electron chi connectivity index (χ2n) is 2.88. The maximum absolute atomic E-state index is 10.7. The number of ether oxygens (including phenoxy) is 1. The molecule has 0 aliphatic heterocycles. The largest absolute Gasteiger partial charge is 0.429 e. The minimum atomic E-state index is -0.494. The Balaban J connectivity index is 2.33. The molecule has 0 atom stereocenters. The molecule has 0 N–H and O–H groups in total. The van der Waals surface area contributed by atoms with Crippen LogP contribution in [-0.4, -0.2) is 9.91 Å². The molecule has 0 unspecified atom stereocenters. The number of halogens is 2. The molecule has 5 nitrogen and oxygen atoms in total. The van der Waals surface area contributed by atoms with Gasteiger partial charge in [0.1, 0.15) is 9.63 Å². The summed E-state index contributed by atoms with van der Waals surface area (Å²) >= 11 is 9.98. The minimum Gasteiger partial charge on any atom is -0.429 e. The number of benzene rings is 1. The Morgan fingerprint density at radius 2 is 2.29 bits per heavy atom. The van der Waals surface area contributed by atoms with Gasteiger partial charge < -0.3 is 4.74 Å². The van der Waals surface area contributed by atoms with E-state index >= 15 is 0 Å². The SMILES string of the molecule is O=[N+]([O-])c1cccc(Oc2nc(Cl)cs2)c1Br. The predicted octanol–water partition coefficient (Wildman–Crippen LogP) is 4.26. The number of rotatable bonds is 3. The summed E-state index contributed by atoms with van der Waals surface area (Å²) in [6.45, 7) is 0. The maximum atomic E-state index is 10.7. The van der Waals surface area contributed by atoms with Gasteiger partial charge >= 0.3 is 0 Å². The maximum Gasteiger partial charge on any atom is 0.287 e. The van der Waals surface area contributed by atoms with Crippen LogP contribution in [0.5, 0.6) is 10.9 Å². The standard InChI is InChI=1S/C9H4BrClN2O3S/c10-8-5(13(14)15)2-1-3-6(8)16-9-12-7(11)4-17-9/h1-4H. The first-order valence-corrected chi connectivity index (χ1v) is 6.35. The summed E-state index contributed by atoms with van der Waals surface area (Å²) in [5.74, 6) is 0.324. The molecule has 1 aromatic heterocycles.